The van der Waals surface area contributed by atoms with Gasteiger partial charge < -0.3 is 5.32 Å². The van der Waals surface area contributed by atoms with Crippen molar-refractivity contribution in [2.75, 3.05) is 6.54 Å². The second-order valence-electron chi connectivity index (χ2n) is 6.85. The molecule has 0 radical (unpaired) electrons. The quantitative estimate of drug-likeness (QED) is 0.614. The highest BCUT2D eigenvalue weighted by molar-refractivity contribution is 7.95. The van der Waals surface area contributed by atoms with E-state index in [1.165, 1.54) is 24.3 Å². The summed E-state index contributed by atoms with van der Waals surface area (Å²) in [6.07, 6.45) is 1.55. The molecule has 0 aromatic heterocycles. The predicted octanol–water partition coefficient (Wildman–Crippen LogP) is 3.80. The van der Waals surface area contributed by atoms with Crippen molar-refractivity contribution < 1.29 is 13.3 Å². The van der Waals surface area contributed by atoms with Crippen molar-refractivity contribution >= 4 is 21.6 Å². The predicted molar refractivity (Wildman–Crippen MR) is 102 cm³/mol. The minimum atomic E-state index is -4.04. The minimum Gasteiger partial charge on any atom is -0.307 e. The molecule has 2 aromatic rings. The fourth-order valence-electron chi connectivity index (χ4n) is 2.29. The summed E-state index contributed by atoms with van der Waals surface area (Å²) < 4.78 is 26.3. The van der Waals surface area contributed by atoms with Crippen molar-refractivity contribution in [3.63, 3.8) is 0 Å². The summed E-state index contributed by atoms with van der Waals surface area (Å²) in [5.74, 6) is 0. The maximum atomic E-state index is 13.2. The average molecular weight is 374 g/mol. The van der Waals surface area contributed by atoms with E-state index < -0.39 is 20.4 Å². The average Bonchev–Trinajstić information content (AvgIpc) is 2.58. The first-order valence-corrected chi connectivity index (χ1v) is 9.59. The standard InChI is InChI=1S/C19H22N2O4S/c1-19(2,3)20-14-16(13-15-9-5-4-6-10-15)26(24,25)18-12-8-7-11-17(18)21(22)23/h4-13,20H,14H2,1-3H3/b16-13+. The van der Waals surface area contributed by atoms with Gasteiger partial charge >= 0.3 is 0 Å². The number of benzene rings is 2. The van der Waals surface area contributed by atoms with E-state index in [-0.39, 0.29) is 21.9 Å². The molecule has 2 aromatic carbocycles. The van der Waals surface area contributed by atoms with Crippen molar-refractivity contribution in [3.05, 3.63) is 75.2 Å². The number of nitrogens with one attached hydrogen (secondary N) is 1. The highest BCUT2D eigenvalue weighted by Crippen LogP contribution is 2.29. The lowest BCUT2D eigenvalue weighted by molar-refractivity contribution is -0.387. The van der Waals surface area contributed by atoms with E-state index >= 15 is 0 Å². The molecule has 0 aliphatic carbocycles. The number of nitro benzene ring substituents is 1. The molecule has 0 aliphatic rings. The van der Waals surface area contributed by atoms with E-state index in [1.54, 1.807) is 30.3 Å². The Kier molecular flexibility index (Phi) is 5.94. The molecule has 0 unspecified atom stereocenters. The zero-order chi connectivity index (χ0) is 19.4. The second-order valence-corrected chi connectivity index (χ2v) is 8.82. The highest BCUT2D eigenvalue weighted by atomic mass is 32.2. The Morgan fingerprint density at radius 2 is 1.65 bits per heavy atom. The number of hydrogen-bond acceptors (Lipinski definition) is 5. The number of nitrogens with zero attached hydrogens (tertiary/aromatic N) is 1. The van der Waals surface area contributed by atoms with Gasteiger partial charge in [0.15, 0.2) is 0 Å². The molecule has 0 aliphatic heterocycles. The number of para-hydroxylation sites is 1. The van der Waals surface area contributed by atoms with Gasteiger partial charge in [-0.3, -0.25) is 10.1 Å². The summed E-state index contributed by atoms with van der Waals surface area (Å²) >= 11 is 0. The first-order valence-electron chi connectivity index (χ1n) is 8.10. The summed E-state index contributed by atoms with van der Waals surface area (Å²) in [7, 11) is -4.04. The van der Waals surface area contributed by atoms with E-state index in [1.807, 2.05) is 26.8 Å². The van der Waals surface area contributed by atoms with Crippen LogP contribution in [0.3, 0.4) is 0 Å². The smallest absolute Gasteiger partial charge is 0.288 e. The third-order valence-electron chi connectivity index (χ3n) is 3.62. The van der Waals surface area contributed by atoms with Crippen molar-refractivity contribution in [1.29, 1.82) is 0 Å². The van der Waals surface area contributed by atoms with Gasteiger partial charge in [0.05, 0.1) is 9.83 Å². The van der Waals surface area contributed by atoms with Crippen molar-refractivity contribution in [3.8, 4) is 0 Å². The lowest BCUT2D eigenvalue weighted by Crippen LogP contribution is -2.38. The van der Waals surface area contributed by atoms with E-state index in [0.29, 0.717) is 5.56 Å². The molecule has 26 heavy (non-hydrogen) atoms. The van der Waals surface area contributed by atoms with Gasteiger partial charge in [-0.05, 0) is 38.5 Å². The highest BCUT2D eigenvalue weighted by Gasteiger charge is 2.29. The van der Waals surface area contributed by atoms with Gasteiger partial charge in [-0.25, -0.2) is 8.42 Å². The van der Waals surface area contributed by atoms with Gasteiger partial charge in [-0.1, -0.05) is 42.5 Å². The Bertz CT molecular complexity index is 914. The van der Waals surface area contributed by atoms with E-state index in [9.17, 15) is 18.5 Å². The van der Waals surface area contributed by atoms with Crippen LogP contribution < -0.4 is 5.32 Å². The van der Waals surface area contributed by atoms with Gasteiger partial charge in [-0.2, -0.15) is 0 Å². The summed E-state index contributed by atoms with van der Waals surface area (Å²) in [5.41, 5.74) is -0.0314. The topological polar surface area (TPSA) is 89.3 Å². The molecule has 0 spiro atoms. The molecule has 1 N–H and O–H groups in total. The number of nitro groups is 1. The Morgan fingerprint density at radius 3 is 2.23 bits per heavy atom. The van der Waals surface area contributed by atoms with Crippen LogP contribution >= 0.6 is 0 Å². The number of hydrogen-bond donors (Lipinski definition) is 1. The molecule has 0 heterocycles. The van der Waals surface area contributed by atoms with Crippen LogP contribution in [-0.2, 0) is 9.84 Å². The molecule has 6 nitrogen and oxygen atoms in total. The van der Waals surface area contributed by atoms with Gasteiger partial charge in [0.25, 0.3) is 5.69 Å². The third-order valence-corrected chi connectivity index (χ3v) is 5.49. The first kappa shape index (κ1) is 19.8. The van der Waals surface area contributed by atoms with E-state index in [0.717, 1.165) is 0 Å². The fourth-order valence-corrected chi connectivity index (χ4v) is 3.80. The Hall–Kier alpha value is -2.51. The van der Waals surface area contributed by atoms with Gasteiger partial charge in [-0.15, -0.1) is 0 Å². The van der Waals surface area contributed by atoms with Gasteiger partial charge in [0.1, 0.15) is 4.90 Å². The van der Waals surface area contributed by atoms with Crippen molar-refractivity contribution in [1.82, 2.24) is 5.32 Å². The van der Waals surface area contributed by atoms with Crippen LogP contribution in [0.2, 0.25) is 0 Å². The molecular weight excluding hydrogens is 352 g/mol. The summed E-state index contributed by atoms with van der Waals surface area (Å²) in [5, 5.41) is 14.4. The lowest BCUT2D eigenvalue weighted by atomic mass is 10.1. The third kappa shape index (κ3) is 5.00. The van der Waals surface area contributed by atoms with Gasteiger partial charge in [0, 0.05) is 18.2 Å². The Morgan fingerprint density at radius 1 is 1.08 bits per heavy atom. The van der Waals surface area contributed by atoms with Crippen LogP contribution in [-0.4, -0.2) is 25.4 Å². The molecule has 2 rings (SSSR count). The summed E-state index contributed by atoms with van der Waals surface area (Å²) in [4.78, 5) is 10.4. The molecule has 7 heteroatoms. The van der Waals surface area contributed by atoms with Crippen LogP contribution in [0.4, 0.5) is 5.69 Å². The number of sulfone groups is 1. The molecule has 0 fully saturated rings. The second kappa shape index (κ2) is 7.80. The zero-order valence-electron chi connectivity index (χ0n) is 15.0. The lowest BCUT2D eigenvalue weighted by Gasteiger charge is -2.22. The normalized spacial score (nSPS) is 12.8. The van der Waals surface area contributed by atoms with Crippen LogP contribution in [0.1, 0.15) is 26.3 Å². The molecular formula is C19H22N2O4S. The Balaban J connectivity index is 2.57. The summed E-state index contributed by atoms with van der Waals surface area (Å²) in [6, 6.07) is 14.4. The molecule has 0 saturated heterocycles. The van der Waals surface area contributed by atoms with Crippen molar-refractivity contribution in [2.45, 2.75) is 31.2 Å². The van der Waals surface area contributed by atoms with Crippen LogP contribution in [0.5, 0.6) is 0 Å². The zero-order valence-corrected chi connectivity index (χ0v) is 15.8. The molecule has 138 valence electrons. The van der Waals surface area contributed by atoms with Crippen molar-refractivity contribution in [2.24, 2.45) is 0 Å². The fraction of sp³-hybridized carbons (Fsp3) is 0.263. The molecule has 0 saturated carbocycles. The molecule has 0 bridgehead atoms. The van der Waals surface area contributed by atoms with Gasteiger partial charge in [0.2, 0.25) is 9.84 Å². The molecule has 0 amide bonds. The maximum Gasteiger partial charge on any atom is 0.288 e. The van der Waals surface area contributed by atoms with E-state index in [4.69, 9.17) is 0 Å². The first-order chi connectivity index (χ1) is 12.1. The van der Waals surface area contributed by atoms with Crippen LogP contribution in [0.15, 0.2) is 64.4 Å². The van der Waals surface area contributed by atoms with Crippen LogP contribution in [0, 0.1) is 10.1 Å². The largest absolute Gasteiger partial charge is 0.307 e. The maximum absolute atomic E-state index is 13.2. The van der Waals surface area contributed by atoms with Crippen LogP contribution in [0.25, 0.3) is 6.08 Å². The van der Waals surface area contributed by atoms with E-state index in [2.05, 4.69) is 5.32 Å². The minimum absolute atomic E-state index is 0.0623. The molecule has 0 atom stereocenters. The Labute approximate surface area is 153 Å². The number of rotatable bonds is 6. The monoisotopic (exact) mass is 374 g/mol. The summed E-state index contributed by atoms with van der Waals surface area (Å²) in [6.45, 7) is 5.83. The SMILES string of the molecule is CC(C)(C)NC/C(=C\c1ccccc1)S(=O)(=O)c1ccccc1[N+](=O)[O-].